The van der Waals surface area contributed by atoms with E-state index in [1.54, 1.807) is 0 Å². The summed E-state index contributed by atoms with van der Waals surface area (Å²) in [5, 5.41) is 2.90. The molecule has 0 saturated carbocycles. The Morgan fingerprint density at radius 2 is 2.29 bits per heavy atom. The van der Waals surface area contributed by atoms with E-state index in [9.17, 15) is 9.18 Å². The Kier molecular flexibility index (Phi) is 5.33. The highest BCUT2D eigenvalue weighted by Gasteiger charge is 2.20. The number of aromatic nitrogens is 1. The fourth-order valence-corrected chi connectivity index (χ4v) is 2.85. The van der Waals surface area contributed by atoms with E-state index in [0.29, 0.717) is 23.4 Å². The number of amides is 1. The number of ether oxygens (including phenoxy) is 2. The van der Waals surface area contributed by atoms with Gasteiger partial charge in [-0.1, -0.05) is 11.6 Å². The average molecular weight is 416 g/mol. The van der Waals surface area contributed by atoms with Crippen LogP contribution in [0.2, 0.25) is 5.02 Å². The Morgan fingerprint density at radius 1 is 1.46 bits per heavy atom. The van der Waals surface area contributed by atoms with E-state index in [0.717, 1.165) is 6.42 Å². The lowest BCUT2D eigenvalue weighted by Gasteiger charge is -2.13. The van der Waals surface area contributed by atoms with Crippen molar-refractivity contribution in [2.45, 2.75) is 12.5 Å². The Labute approximate surface area is 151 Å². The van der Waals surface area contributed by atoms with Gasteiger partial charge in [-0.2, -0.15) is 0 Å². The summed E-state index contributed by atoms with van der Waals surface area (Å²) in [6.07, 6.45) is 2.08. The molecule has 0 aliphatic carbocycles. The standard InChI is InChI=1S/C16H13BrClFN2O3/c17-12-6-10(19)1-2-14(12)21-15(22)9-5-13(18)16(20-7-9)24-11-3-4-23-8-11/h1-2,5-7,11H,3-4,8H2,(H,21,22). The number of pyridine rings is 1. The van der Waals surface area contributed by atoms with Crippen molar-refractivity contribution in [1.29, 1.82) is 0 Å². The summed E-state index contributed by atoms with van der Waals surface area (Å²) in [7, 11) is 0. The van der Waals surface area contributed by atoms with E-state index >= 15 is 0 Å². The molecule has 1 N–H and O–H groups in total. The second-order valence-corrected chi connectivity index (χ2v) is 6.45. The predicted octanol–water partition coefficient (Wildman–Crippen LogP) is 4.06. The molecule has 0 bridgehead atoms. The van der Waals surface area contributed by atoms with Gasteiger partial charge in [0.2, 0.25) is 5.88 Å². The van der Waals surface area contributed by atoms with Crippen LogP contribution in [-0.2, 0) is 4.74 Å². The quantitative estimate of drug-likeness (QED) is 0.818. The number of hydrogen-bond acceptors (Lipinski definition) is 4. The number of hydrogen-bond donors (Lipinski definition) is 1. The van der Waals surface area contributed by atoms with Gasteiger partial charge in [-0.25, -0.2) is 9.37 Å². The summed E-state index contributed by atoms with van der Waals surface area (Å²) in [4.78, 5) is 16.4. The van der Waals surface area contributed by atoms with Crippen LogP contribution in [0.1, 0.15) is 16.8 Å². The molecule has 1 aliphatic rings. The summed E-state index contributed by atoms with van der Waals surface area (Å²) < 4.78 is 24.4. The number of halogens is 3. The summed E-state index contributed by atoms with van der Waals surface area (Å²) in [5.74, 6) is -0.541. The normalized spacial score (nSPS) is 16.9. The predicted molar refractivity (Wildman–Crippen MR) is 91.2 cm³/mol. The second kappa shape index (κ2) is 7.46. The van der Waals surface area contributed by atoms with Gasteiger partial charge in [0.25, 0.3) is 5.91 Å². The van der Waals surface area contributed by atoms with Crippen LogP contribution in [0.5, 0.6) is 5.88 Å². The molecule has 1 aromatic heterocycles. The van der Waals surface area contributed by atoms with Crippen molar-refractivity contribution < 1.29 is 18.7 Å². The van der Waals surface area contributed by atoms with Crippen molar-refractivity contribution in [1.82, 2.24) is 4.98 Å². The first-order chi connectivity index (χ1) is 11.5. The topological polar surface area (TPSA) is 60.5 Å². The van der Waals surface area contributed by atoms with Crippen molar-refractivity contribution >= 4 is 39.1 Å². The van der Waals surface area contributed by atoms with E-state index in [1.165, 1.54) is 30.5 Å². The van der Waals surface area contributed by atoms with Crippen LogP contribution in [0.15, 0.2) is 34.9 Å². The molecule has 1 amide bonds. The van der Waals surface area contributed by atoms with Crippen molar-refractivity contribution in [2.75, 3.05) is 18.5 Å². The number of carbonyl (C=O) groups excluding carboxylic acids is 1. The van der Waals surface area contributed by atoms with Crippen LogP contribution in [0.4, 0.5) is 10.1 Å². The Bertz CT molecular complexity index is 769. The fraction of sp³-hybridized carbons (Fsp3) is 0.250. The molecule has 0 spiro atoms. The third-order valence-corrected chi connectivity index (χ3v) is 4.34. The van der Waals surface area contributed by atoms with Gasteiger partial charge in [0.05, 0.1) is 24.5 Å². The van der Waals surface area contributed by atoms with Crippen molar-refractivity contribution in [2.24, 2.45) is 0 Å². The van der Waals surface area contributed by atoms with Gasteiger partial charge in [0.15, 0.2) is 0 Å². The molecule has 3 rings (SSSR count). The molecular formula is C16H13BrClFN2O3. The van der Waals surface area contributed by atoms with E-state index < -0.39 is 11.7 Å². The first-order valence-corrected chi connectivity index (χ1v) is 8.36. The molecule has 2 heterocycles. The number of rotatable bonds is 4. The van der Waals surface area contributed by atoms with Crippen molar-refractivity contribution in [3.8, 4) is 5.88 Å². The first-order valence-electron chi connectivity index (χ1n) is 7.19. The third kappa shape index (κ3) is 4.03. The molecule has 2 aromatic rings. The zero-order valence-corrected chi connectivity index (χ0v) is 14.7. The highest BCUT2D eigenvalue weighted by atomic mass is 79.9. The van der Waals surface area contributed by atoms with Gasteiger partial charge in [-0.3, -0.25) is 4.79 Å². The van der Waals surface area contributed by atoms with Crippen LogP contribution in [0.25, 0.3) is 0 Å². The molecule has 1 unspecified atom stereocenters. The van der Waals surface area contributed by atoms with Crippen LogP contribution in [-0.4, -0.2) is 30.2 Å². The maximum Gasteiger partial charge on any atom is 0.257 e. The van der Waals surface area contributed by atoms with E-state index in [4.69, 9.17) is 21.1 Å². The first kappa shape index (κ1) is 17.1. The smallest absolute Gasteiger partial charge is 0.257 e. The van der Waals surface area contributed by atoms with Crippen molar-refractivity contribution in [3.05, 3.63) is 51.3 Å². The van der Waals surface area contributed by atoms with E-state index in [2.05, 4.69) is 26.2 Å². The van der Waals surface area contributed by atoms with Gasteiger partial charge in [0, 0.05) is 17.1 Å². The molecule has 126 valence electrons. The van der Waals surface area contributed by atoms with Crippen LogP contribution >= 0.6 is 27.5 Å². The number of benzene rings is 1. The van der Waals surface area contributed by atoms with Gasteiger partial charge in [0.1, 0.15) is 16.9 Å². The minimum atomic E-state index is -0.410. The van der Waals surface area contributed by atoms with Gasteiger partial charge < -0.3 is 14.8 Å². The summed E-state index contributed by atoms with van der Waals surface area (Å²) in [5.41, 5.74) is 0.715. The molecule has 1 aliphatic heterocycles. The van der Waals surface area contributed by atoms with E-state index in [-0.39, 0.29) is 22.6 Å². The number of carbonyl (C=O) groups is 1. The lowest BCUT2D eigenvalue weighted by atomic mass is 10.2. The van der Waals surface area contributed by atoms with Gasteiger partial charge >= 0.3 is 0 Å². The summed E-state index contributed by atoms with van der Waals surface area (Å²) in [6, 6.07) is 5.46. The van der Waals surface area contributed by atoms with Gasteiger partial charge in [-0.15, -0.1) is 0 Å². The molecule has 1 fully saturated rings. The fourth-order valence-electron chi connectivity index (χ4n) is 2.19. The molecule has 24 heavy (non-hydrogen) atoms. The maximum absolute atomic E-state index is 13.1. The summed E-state index contributed by atoms with van der Waals surface area (Å²) >= 11 is 9.33. The molecule has 5 nitrogen and oxygen atoms in total. The lowest BCUT2D eigenvalue weighted by molar-refractivity contribution is 0.102. The lowest BCUT2D eigenvalue weighted by Crippen LogP contribution is -2.17. The summed E-state index contributed by atoms with van der Waals surface area (Å²) in [6.45, 7) is 1.15. The number of nitrogens with zero attached hydrogens (tertiary/aromatic N) is 1. The maximum atomic E-state index is 13.1. The van der Waals surface area contributed by atoms with Crippen LogP contribution < -0.4 is 10.1 Å². The zero-order valence-electron chi connectivity index (χ0n) is 12.4. The molecule has 0 radical (unpaired) electrons. The van der Waals surface area contributed by atoms with Crippen LogP contribution in [0, 0.1) is 5.82 Å². The van der Waals surface area contributed by atoms with Crippen LogP contribution in [0.3, 0.4) is 0 Å². The van der Waals surface area contributed by atoms with E-state index in [1.807, 2.05) is 0 Å². The second-order valence-electron chi connectivity index (χ2n) is 5.19. The monoisotopic (exact) mass is 414 g/mol. The Balaban J connectivity index is 1.71. The molecular weight excluding hydrogens is 403 g/mol. The number of anilines is 1. The van der Waals surface area contributed by atoms with Gasteiger partial charge in [-0.05, 0) is 40.2 Å². The highest BCUT2D eigenvalue weighted by molar-refractivity contribution is 9.10. The molecule has 8 heteroatoms. The third-order valence-electron chi connectivity index (χ3n) is 3.42. The molecule has 1 aromatic carbocycles. The number of nitrogens with one attached hydrogen (secondary N) is 1. The largest absolute Gasteiger partial charge is 0.471 e. The average Bonchev–Trinajstić information content (AvgIpc) is 3.05. The zero-order chi connectivity index (χ0) is 17.1. The minimum absolute atomic E-state index is 0.0788. The minimum Gasteiger partial charge on any atom is -0.471 e. The molecule has 1 atom stereocenters. The molecule has 1 saturated heterocycles. The van der Waals surface area contributed by atoms with Crippen molar-refractivity contribution in [3.63, 3.8) is 0 Å². The Morgan fingerprint density at radius 3 is 2.96 bits per heavy atom. The SMILES string of the molecule is O=C(Nc1ccc(F)cc1Br)c1cnc(OC2CCOC2)c(Cl)c1. The Hall–Kier alpha value is -1.70. The highest BCUT2D eigenvalue weighted by Crippen LogP contribution is 2.27.